The Bertz CT molecular complexity index is 1590. The fraction of sp³-hybridized carbons (Fsp3) is 0.185. The molecule has 36 heavy (non-hydrogen) atoms. The van der Waals surface area contributed by atoms with Gasteiger partial charge in [-0.3, -0.25) is 19.0 Å². The molecule has 3 heterocycles. The number of hydrogen-bond donors (Lipinski definition) is 0. The predicted octanol–water partition coefficient (Wildman–Crippen LogP) is 4.93. The summed E-state index contributed by atoms with van der Waals surface area (Å²) in [7, 11) is 0. The van der Waals surface area contributed by atoms with E-state index in [9.17, 15) is 18.8 Å². The van der Waals surface area contributed by atoms with Crippen molar-refractivity contribution in [2.75, 3.05) is 18.1 Å². The van der Waals surface area contributed by atoms with Gasteiger partial charge in [-0.2, -0.15) is 0 Å². The lowest BCUT2D eigenvalue weighted by Gasteiger charge is -2.29. The molecule has 0 radical (unpaired) electrons. The van der Waals surface area contributed by atoms with E-state index in [1.54, 1.807) is 43.3 Å². The third-order valence-corrected chi connectivity index (χ3v) is 7.25. The van der Waals surface area contributed by atoms with Crippen LogP contribution in [0.25, 0.3) is 21.3 Å². The number of ketones is 1. The average Bonchev–Trinajstić information content (AvgIpc) is 3.22. The highest BCUT2D eigenvalue weighted by atomic mass is 32.1. The van der Waals surface area contributed by atoms with E-state index in [-0.39, 0.29) is 36.2 Å². The fourth-order valence-electron chi connectivity index (χ4n) is 4.41. The van der Waals surface area contributed by atoms with Gasteiger partial charge in [0.25, 0.3) is 11.5 Å². The molecule has 4 aromatic rings. The molecular weight excluding hydrogens is 481 g/mol. The second-order valence-corrected chi connectivity index (χ2v) is 9.68. The minimum absolute atomic E-state index is 0.0813. The van der Waals surface area contributed by atoms with Gasteiger partial charge in [-0.05, 0) is 49.7 Å². The Hall–Kier alpha value is -4.11. The Labute approximate surface area is 210 Å². The second kappa shape index (κ2) is 9.16. The molecule has 1 aliphatic heterocycles. The lowest BCUT2D eigenvalue weighted by molar-refractivity contribution is -0.121. The summed E-state index contributed by atoms with van der Waals surface area (Å²) >= 11 is 1.38. The quantitative estimate of drug-likeness (QED) is 0.275. The van der Waals surface area contributed by atoms with E-state index in [4.69, 9.17) is 4.74 Å². The molecule has 1 amide bonds. The summed E-state index contributed by atoms with van der Waals surface area (Å²) in [6.07, 6.45) is 2.98. The van der Waals surface area contributed by atoms with E-state index in [1.165, 1.54) is 39.3 Å². The number of aryl methyl sites for hydroxylation is 1. The lowest BCUT2D eigenvalue weighted by atomic mass is 10.0. The molecule has 2 aromatic heterocycles. The summed E-state index contributed by atoms with van der Waals surface area (Å²) in [4.78, 5) is 46.8. The molecule has 7 nitrogen and oxygen atoms in total. The molecule has 0 fully saturated rings. The van der Waals surface area contributed by atoms with Gasteiger partial charge in [-0.1, -0.05) is 18.2 Å². The van der Waals surface area contributed by atoms with Crippen molar-refractivity contribution in [3.05, 3.63) is 88.1 Å². The molecule has 2 aromatic carbocycles. The molecule has 182 valence electrons. The Balaban J connectivity index is 1.56. The van der Waals surface area contributed by atoms with Crippen LogP contribution in [-0.2, 0) is 4.79 Å². The fourth-order valence-corrected chi connectivity index (χ4v) is 5.41. The number of fused-ring (bicyclic) bond motifs is 2. The van der Waals surface area contributed by atoms with Gasteiger partial charge >= 0.3 is 0 Å². The van der Waals surface area contributed by atoms with Gasteiger partial charge in [0.05, 0.1) is 23.4 Å². The Morgan fingerprint density at radius 2 is 2.00 bits per heavy atom. The molecule has 1 atom stereocenters. The summed E-state index contributed by atoms with van der Waals surface area (Å²) in [6.45, 7) is 7.41. The standard InChI is InChI=1S/C27H22FN3O4S/c1-4-11-30-20-12-18(7-10-21(20)35-13-22(30)32)25(33)15(2)31-14-29-26-24(27(31)34)23(16(3)36-26)17-5-8-19(28)9-6-17/h4-10,12,14-15H,1,11,13H2,2-3H3. The van der Waals surface area contributed by atoms with Crippen LogP contribution in [0.5, 0.6) is 5.75 Å². The first-order chi connectivity index (χ1) is 17.3. The van der Waals surface area contributed by atoms with Gasteiger partial charge in [0.2, 0.25) is 0 Å². The van der Waals surface area contributed by atoms with Crippen molar-refractivity contribution in [3.63, 3.8) is 0 Å². The highest BCUT2D eigenvalue weighted by Crippen LogP contribution is 2.36. The Morgan fingerprint density at radius 3 is 2.72 bits per heavy atom. The van der Waals surface area contributed by atoms with Crippen LogP contribution < -0.4 is 15.2 Å². The third kappa shape index (κ3) is 3.91. The van der Waals surface area contributed by atoms with Crippen LogP contribution in [0.2, 0.25) is 0 Å². The molecule has 0 spiro atoms. The van der Waals surface area contributed by atoms with Crippen molar-refractivity contribution in [2.45, 2.75) is 19.9 Å². The zero-order valence-electron chi connectivity index (χ0n) is 19.7. The number of anilines is 1. The first-order valence-electron chi connectivity index (χ1n) is 11.3. The van der Waals surface area contributed by atoms with Crippen molar-refractivity contribution >= 4 is 38.9 Å². The Morgan fingerprint density at radius 1 is 1.25 bits per heavy atom. The molecule has 0 bridgehead atoms. The summed E-state index contributed by atoms with van der Waals surface area (Å²) < 4.78 is 20.3. The minimum Gasteiger partial charge on any atom is -0.482 e. The highest BCUT2D eigenvalue weighted by molar-refractivity contribution is 7.19. The highest BCUT2D eigenvalue weighted by Gasteiger charge is 2.28. The van der Waals surface area contributed by atoms with E-state index in [0.29, 0.717) is 38.3 Å². The van der Waals surface area contributed by atoms with Gasteiger partial charge in [0.1, 0.15) is 16.4 Å². The maximum absolute atomic E-state index is 13.6. The number of amides is 1. The number of benzene rings is 2. The number of ether oxygens (including phenoxy) is 1. The largest absolute Gasteiger partial charge is 0.482 e. The first-order valence-corrected chi connectivity index (χ1v) is 12.1. The minimum atomic E-state index is -0.859. The molecule has 0 saturated carbocycles. The smallest absolute Gasteiger partial charge is 0.265 e. The SMILES string of the molecule is C=CCN1C(=O)COc2ccc(C(=O)C(C)n3cnc4sc(C)c(-c5ccc(F)cc5)c4c3=O)cc21. The van der Waals surface area contributed by atoms with Crippen molar-refractivity contribution in [1.82, 2.24) is 9.55 Å². The number of aromatic nitrogens is 2. The molecule has 9 heteroatoms. The summed E-state index contributed by atoms with van der Waals surface area (Å²) in [5.41, 5.74) is 1.86. The van der Waals surface area contributed by atoms with E-state index < -0.39 is 6.04 Å². The van der Waals surface area contributed by atoms with Crippen LogP contribution in [-0.4, -0.2) is 34.4 Å². The van der Waals surface area contributed by atoms with E-state index in [0.717, 1.165) is 4.88 Å². The number of carbonyl (C=O) groups is 2. The molecular formula is C27H22FN3O4S. The number of thiophene rings is 1. The lowest BCUT2D eigenvalue weighted by Crippen LogP contribution is -2.39. The number of carbonyl (C=O) groups excluding carboxylic acids is 2. The van der Waals surface area contributed by atoms with Crippen molar-refractivity contribution in [2.24, 2.45) is 0 Å². The van der Waals surface area contributed by atoms with E-state index >= 15 is 0 Å². The number of Topliss-reactive ketones (excluding diaryl/α,β-unsaturated/α-hetero) is 1. The van der Waals surface area contributed by atoms with Crippen LogP contribution in [0, 0.1) is 12.7 Å². The summed E-state index contributed by atoms with van der Waals surface area (Å²) in [6, 6.07) is 9.96. The van der Waals surface area contributed by atoms with Gasteiger partial charge in [0.15, 0.2) is 12.4 Å². The predicted molar refractivity (Wildman–Crippen MR) is 138 cm³/mol. The Kier molecular flexibility index (Phi) is 6.01. The summed E-state index contributed by atoms with van der Waals surface area (Å²) in [5, 5.41) is 0.396. The maximum atomic E-state index is 13.6. The maximum Gasteiger partial charge on any atom is 0.265 e. The molecule has 0 saturated heterocycles. The van der Waals surface area contributed by atoms with E-state index in [1.807, 2.05) is 6.92 Å². The van der Waals surface area contributed by atoms with Crippen LogP contribution in [0.4, 0.5) is 10.1 Å². The topological polar surface area (TPSA) is 81.5 Å². The average molecular weight is 504 g/mol. The van der Waals surface area contributed by atoms with Crippen molar-refractivity contribution < 1.29 is 18.7 Å². The zero-order valence-corrected chi connectivity index (χ0v) is 20.5. The van der Waals surface area contributed by atoms with Gasteiger partial charge in [-0.15, -0.1) is 17.9 Å². The van der Waals surface area contributed by atoms with Gasteiger partial charge < -0.3 is 9.64 Å². The first kappa shape index (κ1) is 23.6. The van der Waals surface area contributed by atoms with Crippen LogP contribution >= 0.6 is 11.3 Å². The number of hydrogen-bond acceptors (Lipinski definition) is 6. The number of rotatable bonds is 6. The molecule has 1 unspecified atom stereocenters. The monoisotopic (exact) mass is 503 g/mol. The number of nitrogens with zero attached hydrogens (tertiary/aromatic N) is 3. The normalized spacial score (nSPS) is 13.9. The van der Waals surface area contributed by atoms with Gasteiger partial charge in [-0.25, -0.2) is 9.37 Å². The molecule has 0 N–H and O–H groups in total. The van der Waals surface area contributed by atoms with Crippen LogP contribution in [0.1, 0.15) is 28.2 Å². The third-order valence-electron chi connectivity index (χ3n) is 6.24. The van der Waals surface area contributed by atoms with Crippen LogP contribution in [0.15, 0.2) is 66.2 Å². The molecule has 1 aliphatic rings. The molecule has 5 rings (SSSR count). The number of halogens is 1. The second-order valence-electron chi connectivity index (χ2n) is 8.48. The zero-order chi connectivity index (χ0) is 25.6. The molecule has 0 aliphatic carbocycles. The van der Waals surface area contributed by atoms with Crippen LogP contribution in [0.3, 0.4) is 0 Å². The van der Waals surface area contributed by atoms with Crippen molar-refractivity contribution in [3.8, 4) is 16.9 Å². The van der Waals surface area contributed by atoms with E-state index in [2.05, 4.69) is 11.6 Å². The summed E-state index contributed by atoms with van der Waals surface area (Å²) in [5.74, 6) is -0.409. The van der Waals surface area contributed by atoms with Crippen molar-refractivity contribution in [1.29, 1.82) is 0 Å². The van der Waals surface area contributed by atoms with Gasteiger partial charge in [0, 0.05) is 22.5 Å².